The molecule has 2 rings (SSSR count). The van der Waals surface area contributed by atoms with Crippen molar-refractivity contribution in [3.63, 3.8) is 0 Å². The number of carbonyl (C=O) groups is 1. The van der Waals surface area contributed by atoms with Gasteiger partial charge in [-0.1, -0.05) is 34.1 Å². The van der Waals surface area contributed by atoms with E-state index in [9.17, 15) is 18.0 Å². The Kier molecular flexibility index (Phi) is 4.15. The van der Waals surface area contributed by atoms with Crippen LogP contribution in [-0.4, -0.2) is 29.7 Å². The highest BCUT2D eigenvalue weighted by Crippen LogP contribution is 2.30. The number of carbonyl (C=O) groups excluding carboxylic acids is 1. The number of benzene rings is 1. The maximum atomic E-state index is 13.1. The van der Waals surface area contributed by atoms with Gasteiger partial charge in [0, 0.05) is 17.4 Å². The summed E-state index contributed by atoms with van der Waals surface area (Å²) in [6.45, 7) is 0.0768. The lowest BCUT2D eigenvalue weighted by molar-refractivity contribution is -0.187. The van der Waals surface area contributed by atoms with Gasteiger partial charge in [-0.25, -0.2) is 5.01 Å². The normalized spacial score (nSPS) is 18.4. The van der Waals surface area contributed by atoms with Crippen LogP contribution in [0.4, 0.5) is 13.2 Å². The van der Waals surface area contributed by atoms with Crippen LogP contribution < -0.4 is 5.43 Å². The average Bonchev–Trinajstić information content (AvgIpc) is 2.73. The molecule has 19 heavy (non-hydrogen) atoms. The molecule has 1 aromatic carbocycles. The van der Waals surface area contributed by atoms with Crippen molar-refractivity contribution < 1.29 is 18.0 Å². The monoisotopic (exact) mass is 336 g/mol. The minimum atomic E-state index is -4.40. The summed E-state index contributed by atoms with van der Waals surface area (Å²) in [7, 11) is 0. The molecule has 1 aliphatic rings. The Labute approximate surface area is 116 Å². The fraction of sp³-hybridized carbons (Fsp3) is 0.417. The number of amides is 1. The quantitative estimate of drug-likeness (QED) is 0.920. The van der Waals surface area contributed by atoms with Crippen molar-refractivity contribution >= 4 is 21.8 Å². The summed E-state index contributed by atoms with van der Waals surface area (Å²) < 4.78 is 40.0. The van der Waals surface area contributed by atoms with Crippen LogP contribution in [0, 0.1) is 0 Å². The van der Waals surface area contributed by atoms with Crippen molar-refractivity contribution in [1.29, 1.82) is 0 Å². The van der Waals surface area contributed by atoms with Crippen molar-refractivity contribution in [3.8, 4) is 0 Å². The van der Waals surface area contributed by atoms with E-state index in [2.05, 4.69) is 21.4 Å². The van der Waals surface area contributed by atoms with E-state index in [1.54, 1.807) is 24.3 Å². The number of halogens is 4. The zero-order valence-electron chi connectivity index (χ0n) is 9.88. The molecule has 0 spiro atoms. The van der Waals surface area contributed by atoms with E-state index in [1.165, 1.54) is 0 Å². The number of rotatable bonds is 3. The van der Waals surface area contributed by atoms with Crippen LogP contribution >= 0.6 is 15.9 Å². The minimum Gasteiger partial charge on any atom is -0.288 e. The molecule has 1 atom stereocenters. The second-order valence-electron chi connectivity index (χ2n) is 4.33. The molecule has 0 radical (unpaired) electrons. The predicted molar refractivity (Wildman–Crippen MR) is 67.2 cm³/mol. The summed E-state index contributed by atoms with van der Waals surface area (Å²) in [5.41, 5.74) is 2.82. The summed E-state index contributed by atoms with van der Waals surface area (Å²) in [6.07, 6.45) is -4.50. The molecule has 0 saturated carbocycles. The van der Waals surface area contributed by atoms with Crippen LogP contribution in [0.2, 0.25) is 0 Å². The maximum absolute atomic E-state index is 13.1. The SMILES string of the molecule is O=C1CCN([C@@H](Cc2ccccc2Br)C(F)(F)F)N1. The van der Waals surface area contributed by atoms with Crippen molar-refractivity contribution in [3.05, 3.63) is 34.3 Å². The molecule has 0 aliphatic carbocycles. The molecule has 3 nitrogen and oxygen atoms in total. The molecule has 1 heterocycles. The standard InChI is InChI=1S/C12H12BrF3N2O/c13-9-4-2-1-3-8(9)7-10(12(14,15)16)18-6-5-11(19)17-18/h1-4,10H,5-7H2,(H,17,19)/t10-/m0/s1. The van der Waals surface area contributed by atoms with E-state index < -0.39 is 12.2 Å². The van der Waals surface area contributed by atoms with Crippen LogP contribution in [0.1, 0.15) is 12.0 Å². The maximum Gasteiger partial charge on any atom is 0.406 e. The lowest BCUT2D eigenvalue weighted by atomic mass is 10.1. The molecule has 1 aromatic rings. The third kappa shape index (κ3) is 3.48. The number of hydrazine groups is 1. The van der Waals surface area contributed by atoms with Gasteiger partial charge in [-0.2, -0.15) is 13.2 Å². The van der Waals surface area contributed by atoms with Gasteiger partial charge in [0.05, 0.1) is 0 Å². The second kappa shape index (κ2) is 5.50. The van der Waals surface area contributed by atoms with Gasteiger partial charge in [-0.05, 0) is 18.1 Å². The lowest BCUT2D eigenvalue weighted by Gasteiger charge is -2.29. The van der Waals surface area contributed by atoms with Crippen molar-refractivity contribution in [2.75, 3.05) is 6.54 Å². The molecule has 1 fully saturated rings. The Bertz CT molecular complexity index is 478. The first-order valence-electron chi connectivity index (χ1n) is 5.74. The molecule has 104 valence electrons. The molecule has 1 saturated heterocycles. The summed E-state index contributed by atoms with van der Waals surface area (Å²) in [5.74, 6) is -0.374. The van der Waals surface area contributed by atoms with Gasteiger partial charge in [-0.15, -0.1) is 0 Å². The van der Waals surface area contributed by atoms with E-state index in [-0.39, 0.29) is 25.3 Å². The van der Waals surface area contributed by atoms with Crippen LogP contribution in [0.5, 0.6) is 0 Å². The van der Waals surface area contributed by atoms with Crippen molar-refractivity contribution in [1.82, 2.24) is 10.4 Å². The summed E-state index contributed by atoms with van der Waals surface area (Å²) >= 11 is 3.24. The van der Waals surface area contributed by atoms with Gasteiger partial charge in [0.1, 0.15) is 6.04 Å². The smallest absolute Gasteiger partial charge is 0.288 e. The first kappa shape index (κ1) is 14.3. The average molecular weight is 337 g/mol. The molecule has 7 heteroatoms. The van der Waals surface area contributed by atoms with Gasteiger partial charge in [0.15, 0.2) is 0 Å². The number of alkyl halides is 3. The largest absolute Gasteiger partial charge is 0.406 e. The minimum absolute atomic E-state index is 0.0768. The summed E-state index contributed by atoms with van der Waals surface area (Å²) in [4.78, 5) is 11.1. The molecule has 0 bridgehead atoms. The van der Waals surface area contributed by atoms with E-state index in [0.717, 1.165) is 5.01 Å². The van der Waals surface area contributed by atoms with Crippen LogP contribution in [0.25, 0.3) is 0 Å². The number of nitrogens with zero attached hydrogens (tertiary/aromatic N) is 1. The highest BCUT2D eigenvalue weighted by atomic mass is 79.9. The topological polar surface area (TPSA) is 32.3 Å². The van der Waals surface area contributed by atoms with Gasteiger partial charge >= 0.3 is 6.18 Å². The summed E-state index contributed by atoms with van der Waals surface area (Å²) in [6, 6.07) is 5.06. The third-order valence-corrected chi connectivity index (χ3v) is 3.75. The van der Waals surface area contributed by atoms with Gasteiger partial charge < -0.3 is 0 Å². The first-order chi connectivity index (χ1) is 8.88. The zero-order chi connectivity index (χ0) is 14.0. The Morgan fingerprint density at radius 2 is 2.05 bits per heavy atom. The van der Waals surface area contributed by atoms with E-state index in [4.69, 9.17) is 0 Å². The van der Waals surface area contributed by atoms with Crippen molar-refractivity contribution in [2.45, 2.75) is 25.1 Å². The van der Waals surface area contributed by atoms with Crippen molar-refractivity contribution in [2.24, 2.45) is 0 Å². The Balaban J connectivity index is 2.20. The molecule has 1 N–H and O–H groups in total. The van der Waals surface area contributed by atoms with Gasteiger partial charge in [-0.3, -0.25) is 10.2 Å². The number of hydrogen-bond acceptors (Lipinski definition) is 2. The van der Waals surface area contributed by atoms with E-state index in [0.29, 0.717) is 10.0 Å². The number of nitrogens with one attached hydrogen (secondary N) is 1. The van der Waals surface area contributed by atoms with Gasteiger partial charge in [0.25, 0.3) is 0 Å². The molecular weight excluding hydrogens is 325 g/mol. The Morgan fingerprint density at radius 1 is 1.37 bits per heavy atom. The first-order valence-corrected chi connectivity index (χ1v) is 6.53. The predicted octanol–water partition coefficient (Wildman–Crippen LogP) is 2.66. The fourth-order valence-corrected chi connectivity index (χ4v) is 2.45. The summed E-state index contributed by atoms with van der Waals surface area (Å²) in [5, 5.41) is 0.974. The van der Waals surface area contributed by atoms with E-state index >= 15 is 0 Å². The molecule has 0 unspecified atom stereocenters. The van der Waals surface area contributed by atoms with Crippen LogP contribution in [0.15, 0.2) is 28.7 Å². The Hall–Kier alpha value is -1.08. The van der Waals surface area contributed by atoms with Gasteiger partial charge in [0.2, 0.25) is 5.91 Å². The Morgan fingerprint density at radius 3 is 2.58 bits per heavy atom. The molecule has 0 aromatic heterocycles. The van der Waals surface area contributed by atoms with E-state index in [1.807, 2.05) is 0 Å². The molecular formula is C12H12BrF3N2O. The number of hydrogen-bond donors (Lipinski definition) is 1. The highest BCUT2D eigenvalue weighted by Gasteiger charge is 2.45. The van der Waals surface area contributed by atoms with Crippen LogP contribution in [0.3, 0.4) is 0 Å². The highest BCUT2D eigenvalue weighted by molar-refractivity contribution is 9.10. The fourth-order valence-electron chi connectivity index (χ4n) is 2.00. The molecule has 1 amide bonds. The third-order valence-electron chi connectivity index (χ3n) is 2.97. The second-order valence-corrected chi connectivity index (χ2v) is 5.19. The zero-order valence-corrected chi connectivity index (χ0v) is 11.5. The molecule has 1 aliphatic heterocycles. The van der Waals surface area contributed by atoms with Crippen LogP contribution in [-0.2, 0) is 11.2 Å². The lowest BCUT2D eigenvalue weighted by Crippen LogP contribution is -2.51.